The average Bonchev–Trinajstić information content (AvgIpc) is 1.64. The van der Waals surface area contributed by atoms with Crippen LogP contribution in [0.4, 0.5) is 0 Å². The Morgan fingerprint density at radius 1 is 1.38 bits per heavy atom. The molecule has 2 unspecified atom stereocenters. The van der Waals surface area contributed by atoms with E-state index in [0.29, 0.717) is 0 Å². The summed E-state index contributed by atoms with van der Waals surface area (Å²) in [7, 11) is 2.37. The summed E-state index contributed by atoms with van der Waals surface area (Å²) < 4.78 is 0. The van der Waals surface area contributed by atoms with E-state index in [-0.39, 0.29) is 0 Å². The third-order valence-corrected chi connectivity index (χ3v) is 2.20. The Hall–Kier alpha value is 0.0649. The molecule has 0 amide bonds. The molecule has 0 nitrogen and oxygen atoms in total. The lowest BCUT2D eigenvalue weighted by Gasteiger charge is -2.22. The molecule has 2 atom stereocenters. The van der Waals surface area contributed by atoms with Gasteiger partial charge in [-0.2, -0.15) is 0 Å². The van der Waals surface area contributed by atoms with Crippen molar-refractivity contribution >= 4 is 7.85 Å². The first-order valence-electron chi connectivity index (χ1n) is 3.79. The normalized spacial score (nSPS) is 39.6. The fourth-order valence-electron chi connectivity index (χ4n) is 1.74. The molecule has 0 heterocycles. The Balaban J connectivity index is 2.23. The molecule has 0 aromatic carbocycles. The highest BCUT2D eigenvalue weighted by molar-refractivity contribution is 6.11. The summed E-state index contributed by atoms with van der Waals surface area (Å²) in [6, 6.07) is 0. The van der Waals surface area contributed by atoms with Crippen molar-refractivity contribution in [1.29, 1.82) is 0 Å². The van der Waals surface area contributed by atoms with E-state index >= 15 is 0 Å². The zero-order chi connectivity index (χ0) is 5.98. The van der Waals surface area contributed by atoms with Crippen LogP contribution in [-0.4, -0.2) is 7.85 Å². The molecule has 1 fully saturated rings. The van der Waals surface area contributed by atoms with Crippen molar-refractivity contribution < 1.29 is 0 Å². The van der Waals surface area contributed by atoms with Crippen molar-refractivity contribution in [3.8, 4) is 0 Å². The van der Waals surface area contributed by atoms with Crippen molar-refractivity contribution in [3.63, 3.8) is 0 Å². The maximum atomic E-state index is 2.37. The van der Waals surface area contributed by atoms with E-state index in [0.717, 1.165) is 11.7 Å². The summed E-state index contributed by atoms with van der Waals surface area (Å²) in [5.74, 6) is 2.03. The van der Waals surface area contributed by atoms with Crippen LogP contribution in [-0.2, 0) is 0 Å². The van der Waals surface area contributed by atoms with Gasteiger partial charge in [0, 0.05) is 0 Å². The molecule has 0 radical (unpaired) electrons. The number of rotatable bonds is 0. The van der Waals surface area contributed by atoms with E-state index in [2.05, 4.69) is 14.8 Å². The summed E-state index contributed by atoms with van der Waals surface area (Å²) in [6.45, 7) is 2.37. The second-order valence-corrected chi connectivity index (χ2v) is 3.38. The monoisotopic (exact) mass is 110 g/mol. The van der Waals surface area contributed by atoms with Gasteiger partial charge >= 0.3 is 0 Å². The van der Waals surface area contributed by atoms with Gasteiger partial charge in [0.1, 0.15) is 7.85 Å². The van der Waals surface area contributed by atoms with Gasteiger partial charge in [0.25, 0.3) is 0 Å². The largest absolute Gasteiger partial charge is 0.105 e. The van der Waals surface area contributed by atoms with E-state index < -0.39 is 0 Å². The molecule has 0 aliphatic heterocycles. The molecule has 0 bridgehead atoms. The quantitative estimate of drug-likeness (QED) is 0.415. The summed E-state index contributed by atoms with van der Waals surface area (Å²) >= 11 is 0. The highest BCUT2D eigenvalue weighted by Crippen LogP contribution is 2.29. The van der Waals surface area contributed by atoms with Crippen molar-refractivity contribution in [2.45, 2.75) is 38.4 Å². The fourth-order valence-corrected chi connectivity index (χ4v) is 1.74. The molecule has 1 rings (SSSR count). The predicted molar refractivity (Wildman–Crippen MR) is 39.9 cm³/mol. The average molecular weight is 110 g/mol. The first-order valence-corrected chi connectivity index (χ1v) is 3.79. The topological polar surface area (TPSA) is 0 Å². The molecule has 0 saturated heterocycles. The summed E-state index contributed by atoms with van der Waals surface area (Å²) in [5, 5.41) is 0. The first kappa shape index (κ1) is 6.19. The molecule has 8 heavy (non-hydrogen) atoms. The molecule has 1 aliphatic carbocycles. The van der Waals surface area contributed by atoms with E-state index in [1.54, 1.807) is 0 Å². The van der Waals surface area contributed by atoms with Crippen LogP contribution in [0.25, 0.3) is 0 Å². The van der Waals surface area contributed by atoms with Crippen molar-refractivity contribution in [1.82, 2.24) is 0 Å². The summed E-state index contributed by atoms with van der Waals surface area (Å²) in [4.78, 5) is 0. The maximum absolute atomic E-state index is 2.37. The molecular weight excluding hydrogens is 94.9 g/mol. The zero-order valence-electron chi connectivity index (χ0n) is 5.98. The molecular formula is C7H15B. The Morgan fingerprint density at radius 2 is 2.12 bits per heavy atom. The Kier molecular flexibility index (Phi) is 1.98. The Labute approximate surface area is 53.1 Å². The smallest absolute Gasteiger partial charge is 0.0695 e. The second kappa shape index (κ2) is 2.57. The molecule has 1 heteroatoms. The Morgan fingerprint density at radius 3 is 2.50 bits per heavy atom. The highest BCUT2D eigenvalue weighted by atomic mass is 14.2. The van der Waals surface area contributed by atoms with Gasteiger partial charge in [0.05, 0.1) is 0 Å². The Bertz CT molecular complexity index is 62.8. The van der Waals surface area contributed by atoms with Crippen LogP contribution in [0, 0.1) is 5.92 Å². The van der Waals surface area contributed by atoms with Gasteiger partial charge in [-0.05, 0) is 5.92 Å². The van der Waals surface area contributed by atoms with Crippen molar-refractivity contribution in [3.05, 3.63) is 0 Å². The molecule has 1 saturated carbocycles. The minimum Gasteiger partial charge on any atom is -0.0695 e. The minimum atomic E-state index is 1.01. The van der Waals surface area contributed by atoms with E-state index in [1.165, 1.54) is 25.7 Å². The van der Waals surface area contributed by atoms with Gasteiger partial charge in [-0.15, -0.1) is 0 Å². The highest BCUT2D eigenvalue weighted by Gasteiger charge is 2.13. The van der Waals surface area contributed by atoms with E-state index in [1.807, 2.05) is 0 Å². The summed E-state index contributed by atoms with van der Waals surface area (Å²) in [6.07, 6.45) is 5.90. The predicted octanol–water partition coefficient (Wildman–Crippen LogP) is 1.62. The van der Waals surface area contributed by atoms with Crippen LogP contribution < -0.4 is 0 Å². The maximum Gasteiger partial charge on any atom is 0.105 e. The minimum absolute atomic E-state index is 1.01. The molecule has 1 aliphatic rings. The van der Waals surface area contributed by atoms with Crippen LogP contribution >= 0.6 is 0 Å². The van der Waals surface area contributed by atoms with Crippen LogP contribution in [0.15, 0.2) is 0 Å². The van der Waals surface area contributed by atoms with Gasteiger partial charge in [-0.25, -0.2) is 0 Å². The zero-order valence-corrected chi connectivity index (χ0v) is 5.98. The SMILES string of the molecule is BC1CCCC(C)C1. The lowest BCUT2D eigenvalue weighted by molar-refractivity contribution is 0.386. The van der Waals surface area contributed by atoms with Gasteiger partial charge in [-0.1, -0.05) is 38.4 Å². The van der Waals surface area contributed by atoms with Crippen LogP contribution in [0.1, 0.15) is 32.6 Å². The third kappa shape index (κ3) is 1.54. The van der Waals surface area contributed by atoms with Crippen LogP contribution in [0.2, 0.25) is 5.82 Å². The fraction of sp³-hybridized carbons (Fsp3) is 1.00. The van der Waals surface area contributed by atoms with Gasteiger partial charge in [0.15, 0.2) is 0 Å². The lowest BCUT2D eigenvalue weighted by atomic mass is 9.72. The van der Waals surface area contributed by atoms with Crippen LogP contribution in [0.5, 0.6) is 0 Å². The van der Waals surface area contributed by atoms with Gasteiger partial charge in [-0.3, -0.25) is 0 Å². The van der Waals surface area contributed by atoms with Gasteiger partial charge in [0.2, 0.25) is 0 Å². The molecule has 0 aromatic rings. The van der Waals surface area contributed by atoms with Crippen molar-refractivity contribution in [2.75, 3.05) is 0 Å². The first-order chi connectivity index (χ1) is 3.79. The van der Waals surface area contributed by atoms with E-state index in [9.17, 15) is 0 Å². The second-order valence-electron chi connectivity index (χ2n) is 3.38. The van der Waals surface area contributed by atoms with Crippen molar-refractivity contribution in [2.24, 2.45) is 5.92 Å². The lowest BCUT2D eigenvalue weighted by Crippen LogP contribution is -2.07. The number of hydrogen-bond donors (Lipinski definition) is 0. The number of hydrogen-bond acceptors (Lipinski definition) is 0. The molecule has 0 N–H and O–H groups in total. The molecule has 46 valence electrons. The van der Waals surface area contributed by atoms with E-state index in [4.69, 9.17) is 0 Å². The standard InChI is InChI=1S/C7H15B/c1-6-3-2-4-7(8)5-6/h6-7H,2-5,8H2,1H3. The van der Waals surface area contributed by atoms with Crippen LogP contribution in [0.3, 0.4) is 0 Å². The molecule has 0 spiro atoms. The third-order valence-electron chi connectivity index (χ3n) is 2.20. The van der Waals surface area contributed by atoms with Gasteiger partial charge < -0.3 is 0 Å². The molecule has 0 aromatic heterocycles. The summed E-state index contributed by atoms with van der Waals surface area (Å²) in [5.41, 5.74) is 0.